The summed E-state index contributed by atoms with van der Waals surface area (Å²) in [4.78, 5) is 47.2. The summed E-state index contributed by atoms with van der Waals surface area (Å²) in [6.45, 7) is 0.569. The first kappa shape index (κ1) is 39.6. The molecule has 1 amide bonds. The zero-order chi connectivity index (χ0) is 39.7. The minimum absolute atomic E-state index is 0.0290. The number of nitrogens with one attached hydrogen (secondary N) is 1. The van der Waals surface area contributed by atoms with Crippen LogP contribution >= 0.6 is 0 Å². The molecule has 2 aromatic carbocycles. The standard InChI is InChI=1S/C37H36F7N5O6/c1-47-9-7-26(36(39,40)41)31(34(47)51)32-25-5-3-4-21(24(25)6-8-45-32)17-28(35(52)53-2)46-33(50)30-22(19-48-10-13-54-14-11-48)16-23(18-27(30)38)49-12-15-55-20-29(49)37(42,43)44/h3-9,16,18,28-29H,10-15,17,19-20H2,1-2H3,(H,46,50)/t28-,29+/m0/s1. The fourth-order valence-corrected chi connectivity index (χ4v) is 6.91. The molecule has 2 atom stereocenters. The minimum atomic E-state index is -4.89. The summed E-state index contributed by atoms with van der Waals surface area (Å²) in [6, 6.07) is 5.40. The zero-order valence-corrected chi connectivity index (χ0v) is 29.6. The van der Waals surface area contributed by atoms with Crippen molar-refractivity contribution >= 4 is 28.3 Å². The number of alkyl halides is 6. The SMILES string of the molecule is COC(=O)[C@H](Cc1cccc2c(-c3c(C(F)(F)F)ccn(C)c3=O)nccc12)NC(=O)c1c(F)cc(N2CCOC[C@@H]2C(F)(F)F)cc1CN1CCOCC1. The Bertz CT molecular complexity index is 2130. The van der Waals surface area contributed by atoms with Gasteiger partial charge in [0.15, 0.2) is 0 Å². The molecule has 2 aromatic heterocycles. The van der Waals surface area contributed by atoms with Gasteiger partial charge in [-0.25, -0.2) is 9.18 Å². The Hall–Kier alpha value is -5.07. The largest absolute Gasteiger partial charge is 0.467 e. The highest BCUT2D eigenvalue weighted by molar-refractivity contribution is 6.00. The maximum atomic E-state index is 16.2. The van der Waals surface area contributed by atoms with Gasteiger partial charge >= 0.3 is 18.3 Å². The second-order valence-corrected chi connectivity index (χ2v) is 13.1. The quantitative estimate of drug-likeness (QED) is 0.188. The van der Waals surface area contributed by atoms with E-state index in [1.807, 2.05) is 4.90 Å². The summed E-state index contributed by atoms with van der Waals surface area (Å²) in [7, 11) is 2.37. The van der Waals surface area contributed by atoms with Gasteiger partial charge in [0.25, 0.3) is 11.5 Å². The lowest BCUT2D eigenvalue weighted by Gasteiger charge is -2.38. The maximum Gasteiger partial charge on any atom is 0.417 e. The van der Waals surface area contributed by atoms with Crippen LogP contribution in [0.2, 0.25) is 0 Å². The number of hydrogen-bond donors (Lipinski definition) is 1. The van der Waals surface area contributed by atoms with E-state index >= 15 is 4.39 Å². The number of aryl methyl sites for hydroxylation is 1. The number of pyridine rings is 2. The lowest BCUT2D eigenvalue weighted by atomic mass is 9.95. The van der Waals surface area contributed by atoms with Gasteiger partial charge in [-0.15, -0.1) is 0 Å². The molecule has 294 valence electrons. The molecule has 0 aliphatic carbocycles. The maximum absolute atomic E-state index is 16.2. The highest BCUT2D eigenvalue weighted by Gasteiger charge is 2.46. The lowest BCUT2D eigenvalue weighted by Crippen LogP contribution is -2.53. The van der Waals surface area contributed by atoms with Gasteiger partial charge in [-0.2, -0.15) is 26.3 Å². The second-order valence-electron chi connectivity index (χ2n) is 13.1. The second kappa shape index (κ2) is 16.0. The Balaban J connectivity index is 1.37. The Morgan fingerprint density at radius 2 is 1.71 bits per heavy atom. The summed E-state index contributed by atoms with van der Waals surface area (Å²) in [5.74, 6) is -3.12. The number of halogens is 7. The number of benzene rings is 2. The van der Waals surface area contributed by atoms with Crippen LogP contribution in [0.1, 0.15) is 27.0 Å². The van der Waals surface area contributed by atoms with Gasteiger partial charge in [-0.3, -0.25) is 19.5 Å². The molecule has 0 saturated carbocycles. The fourth-order valence-electron chi connectivity index (χ4n) is 6.91. The molecule has 0 unspecified atom stereocenters. The van der Waals surface area contributed by atoms with E-state index in [1.165, 1.54) is 37.5 Å². The number of aromatic nitrogens is 2. The first-order valence-electron chi connectivity index (χ1n) is 17.1. The van der Waals surface area contributed by atoms with Gasteiger partial charge in [-0.1, -0.05) is 18.2 Å². The number of carbonyl (C=O) groups excluding carboxylic acids is 2. The van der Waals surface area contributed by atoms with E-state index in [1.54, 1.807) is 6.07 Å². The Labute approximate surface area is 309 Å². The van der Waals surface area contributed by atoms with Gasteiger partial charge in [0.1, 0.15) is 17.9 Å². The molecule has 1 N–H and O–H groups in total. The molecule has 18 heteroatoms. The van der Waals surface area contributed by atoms with Gasteiger partial charge in [0.05, 0.1) is 55.9 Å². The average Bonchev–Trinajstić information content (AvgIpc) is 3.14. The van der Waals surface area contributed by atoms with Crippen LogP contribution in [0.3, 0.4) is 0 Å². The molecule has 4 aromatic rings. The number of rotatable bonds is 9. The molecule has 6 rings (SSSR count). The van der Waals surface area contributed by atoms with Crippen LogP contribution in [0.25, 0.3) is 22.0 Å². The van der Waals surface area contributed by atoms with Crippen LogP contribution in [0.15, 0.2) is 59.7 Å². The van der Waals surface area contributed by atoms with Crippen LogP contribution in [0, 0.1) is 5.82 Å². The van der Waals surface area contributed by atoms with Crippen molar-refractivity contribution in [1.29, 1.82) is 0 Å². The number of nitrogens with zero attached hydrogens (tertiary/aromatic N) is 4. The third-order valence-electron chi connectivity index (χ3n) is 9.64. The summed E-state index contributed by atoms with van der Waals surface area (Å²) in [6.07, 6.45) is -7.66. The van der Waals surface area contributed by atoms with Crippen molar-refractivity contribution < 1.29 is 54.5 Å². The Morgan fingerprint density at radius 3 is 2.40 bits per heavy atom. The molecule has 0 bridgehead atoms. The number of esters is 1. The number of ether oxygens (including phenoxy) is 3. The number of methoxy groups -OCH3 is 1. The van der Waals surface area contributed by atoms with Crippen molar-refractivity contribution in [3.05, 3.63) is 93.3 Å². The summed E-state index contributed by atoms with van der Waals surface area (Å²) >= 11 is 0. The zero-order valence-electron chi connectivity index (χ0n) is 29.6. The molecule has 0 radical (unpaired) electrons. The van der Waals surface area contributed by atoms with E-state index < -0.39 is 71.0 Å². The minimum Gasteiger partial charge on any atom is -0.467 e. The van der Waals surface area contributed by atoms with Crippen molar-refractivity contribution in [2.24, 2.45) is 7.05 Å². The predicted molar refractivity (Wildman–Crippen MR) is 185 cm³/mol. The number of hydrogen-bond acceptors (Lipinski definition) is 9. The number of amides is 1. The monoisotopic (exact) mass is 779 g/mol. The predicted octanol–water partition coefficient (Wildman–Crippen LogP) is 4.87. The van der Waals surface area contributed by atoms with Crippen molar-refractivity contribution in [3.8, 4) is 11.3 Å². The third kappa shape index (κ3) is 8.45. The van der Waals surface area contributed by atoms with Gasteiger partial charge in [0.2, 0.25) is 0 Å². The molecule has 2 aliphatic rings. The molecule has 55 heavy (non-hydrogen) atoms. The third-order valence-corrected chi connectivity index (χ3v) is 9.64. The highest BCUT2D eigenvalue weighted by atomic mass is 19.4. The number of anilines is 1. The molecule has 2 saturated heterocycles. The summed E-state index contributed by atoms with van der Waals surface area (Å²) < 4.78 is 117. The molecule has 2 aliphatic heterocycles. The number of fused-ring (bicyclic) bond motifs is 1. The fraction of sp³-hybridized carbons (Fsp3) is 0.405. The summed E-state index contributed by atoms with van der Waals surface area (Å²) in [5, 5.41) is 2.97. The summed E-state index contributed by atoms with van der Waals surface area (Å²) in [5.41, 5.74) is -3.26. The van der Waals surface area contributed by atoms with Crippen molar-refractivity contribution in [2.75, 3.05) is 58.1 Å². The van der Waals surface area contributed by atoms with E-state index in [0.29, 0.717) is 37.3 Å². The topological polar surface area (TPSA) is 115 Å². The first-order chi connectivity index (χ1) is 26.1. The van der Waals surface area contributed by atoms with Crippen molar-refractivity contribution in [2.45, 2.75) is 37.4 Å². The normalized spacial score (nSPS) is 17.6. The molecular formula is C37H36F7N5O6. The van der Waals surface area contributed by atoms with Gasteiger partial charge < -0.3 is 29.0 Å². The highest BCUT2D eigenvalue weighted by Crippen LogP contribution is 2.38. The number of morpholine rings is 2. The van der Waals surface area contributed by atoms with Crippen LogP contribution < -0.4 is 15.8 Å². The molecule has 0 spiro atoms. The first-order valence-corrected chi connectivity index (χ1v) is 17.1. The Morgan fingerprint density at radius 1 is 0.982 bits per heavy atom. The molecule has 2 fully saturated rings. The van der Waals surface area contributed by atoms with Gasteiger partial charge in [0, 0.05) is 63.1 Å². The lowest BCUT2D eigenvalue weighted by molar-refractivity contribution is -0.167. The van der Waals surface area contributed by atoms with Crippen molar-refractivity contribution in [1.82, 2.24) is 19.8 Å². The van der Waals surface area contributed by atoms with E-state index in [-0.39, 0.29) is 48.4 Å². The van der Waals surface area contributed by atoms with Crippen LogP contribution in [-0.4, -0.2) is 97.8 Å². The van der Waals surface area contributed by atoms with Gasteiger partial charge in [-0.05, 0) is 40.8 Å². The van der Waals surface area contributed by atoms with Crippen molar-refractivity contribution in [3.63, 3.8) is 0 Å². The molecular weight excluding hydrogens is 743 g/mol. The molecule has 4 heterocycles. The number of carbonyl (C=O) groups is 2. The van der Waals surface area contributed by atoms with Crippen LogP contribution in [-0.2, 0) is 45.2 Å². The smallest absolute Gasteiger partial charge is 0.417 e. The van der Waals surface area contributed by atoms with E-state index in [4.69, 9.17) is 14.2 Å². The Kier molecular flexibility index (Phi) is 11.5. The van der Waals surface area contributed by atoms with Crippen LogP contribution in [0.5, 0.6) is 0 Å². The molecule has 11 nitrogen and oxygen atoms in total. The average molecular weight is 780 g/mol. The van der Waals surface area contributed by atoms with Crippen LogP contribution in [0.4, 0.5) is 36.4 Å². The van der Waals surface area contributed by atoms with E-state index in [9.17, 15) is 40.7 Å². The van der Waals surface area contributed by atoms with E-state index in [2.05, 4.69) is 10.3 Å². The van der Waals surface area contributed by atoms with E-state index in [0.717, 1.165) is 34.9 Å².